The number of hydrogen-bond donors (Lipinski definition) is 2. The third-order valence-corrected chi connectivity index (χ3v) is 5.94. The molecule has 3 rings (SSSR count). The van der Waals surface area contributed by atoms with Crippen LogP contribution in [-0.2, 0) is 4.79 Å². The highest BCUT2D eigenvalue weighted by molar-refractivity contribution is 5.92. The van der Waals surface area contributed by atoms with Gasteiger partial charge in [0.2, 0.25) is 5.91 Å². The van der Waals surface area contributed by atoms with E-state index < -0.39 is 0 Å². The number of nitrogens with one attached hydrogen (secondary N) is 2. The number of nitrogens with zero attached hydrogens (tertiary/aromatic N) is 3. The Hall–Kier alpha value is -2.02. The molecule has 2 amide bonds. The lowest BCUT2D eigenvalue weighted by Crippen LogP contribution is -3.13. The summed E-state index contributed by atoms with van der Waals surface area (Å²) in [4.78, 5) is 36.8. The molecule has 2 aliphatic rings. The Balaban J connectivity index is 1.53. The Morgan fingerprint density at radius 3 is 2.50 bits per heavy atom. The number of carbonyl (C=O) groups is 2. The molecule has 7 nitrogen and oxygen atoms in total. The van der Waals surface area contributed by atoms with Crippen LogP contribution in [0.4, 0.5) is 0 Å². The minimum atomic E-state index is -0.130. The number of hydrogen-bond acceptors (Lipinski definition) is 4. The molecule has 0 aromatic carbocycles. The molecule has 0 spiro atoms. The molecule has 0 radical (unpaired) electrons. The summed E-state index contributed by atoms with van der Waals surface area (Å²) < 4.78 is 0. The molecular weight excluding hydrogens is 354 g/mol. The van der Waals surface area contributed by atoms with Crippen LogP contribution in [0.3, 0.4) is 0 Å². The number of piperidine rings is 1. The average molecular weight is 389 g/mol. The molecule has 1 saturated carbocycles. The Morgan fingerprint density at radius 2 is 1.79 bits per heavy atom. The normalized spacial score (nSPS) is 18.6. The first kappa shape index (κ1) is 20.7. The minimum absolute atomic E-state index is 0.0502. The van der Waals surface area contributed by atoms with Crippen LogP contribution in [0, 0.1) is 0 Å². The molecule has 154 valence electrons. The molecule has 1 aromatic rings. The zero-order chi connectivity index (χ0) is 19.6. The van der Waals surface area contributed by atoms with Crippen molar-refractivity contribution < 1.29 is 14.5 Å². The van der Waals surface area contributed by atoms with Crippen LogP contribution in [0.15, 0.2) is 18.6 Å². The molecule has 2 heterocycles. The van der Waals surface area contributed by atoms with Crippen LogP contribution in [-0.4, -0.2) is 65.4 Å². The molecule has 28 heavy (non-hydrogen) atoms. The minimum Gasteiger partial charge on any atom is -0.353 e. The summed E-state index contributed by atoms with van der Waals surface area (Å²) in [5.74, 6) is -0.0795. The number of quaternary nitrogens is 1. The van der Waals surface area contributed by atoms with E-state index in [0.29, 0.717) is 31.2 Å². The topological polar surface area (TPSA) is 79.6 Å². The Kier molecular flexibility index (Phi) is 8.21. The molecule has 1 aliphatic carbocycles. The summed E-state index contributed by atoms with van der Waals surface area (Å²) in [6.45, 7) is 4.36. The Labute approximate surface area is 167 Å². The van der Waals surface area contributed by atoms with Gasteiger partial charge in [0.15, 0.2) is 0 Å². The van der Waals surface area contributed by atoms with Crippen molar-refractivity contribution in [1.82, 2.24) is 20.2 Å². The summed E-state index contributed by atoms with van der Waals surface area (Å²) in [5, 5.41) is 3.15. The summed E-state index contributed by atoms with van der Waals surface area (Å²) in [7, 11) is 0. The summed E-state index contributed by atoms with van der Waals surface area (Å²) in [6, 6.07) is 0.309. The average Bonchev–Trinajstić information content (AvgIpc) is 2.75. The third kappa shape index (κ3) is 6.55. The number of rotatable bonds is 8. The SMILES string of the molecule is O=C(CCN(CC[NH+]1CCCCC1)C(=O)c1cnccn1)NC1CCCCC1. The van der Waals surface area contributed by atoms with Crippen LogP contribution in [0.25, 0.3) is 0 Å². The quantitative estimate of drug-likeness (QED) is 0.691. The zero-order valence-corrected chi connectivity index (χ0v) is 16.9. The van der Waals surface area contributed by atoms with Crippen molar-refractivity contribution in [2.45, 2.75) is 63.8 Å². The highest BCUT2D eigenvalue weighted by Gasteiger charge is 2.22. The van der Waals surface area contributed by atoms with Gasteiger partial charge in [-0.3, -0.25) is 14.6 Å². The van der Waals surface area contributed by atoms with Crippen molar-refractivity contribution in [2.24, 2.45) is 0 Å². The van der Waals surface area contributed by atoms with Crippen LogP contribution in [0.5, 0.6) is 0 Å². The maximum Gasteiger partial charge on any atom is 0.274 e. The fourth-order valence-electron chi connectivity index (χ4n) is 4.26. The molecular formula is C21H34N5O2+. The second-order valence-electron chi connectivity index (χ2n) is 8.10. The standard InChI is InChI=1S/C21H33N5O2/c27-20(24-18-7-3-1-4-8-18)9-14-26(16-15-25-12-5-2-6-13-25)21(28)19-17-22-10-11-23-19/h10-11,17-18H,1-9,12-16H2,(H,24,27)/p+1. The largest absolute Gasteiger partial charge is 0.353 e. The van der Waals surface area contributed by atoms with E-state index in [1.54, 1.807) is 16.0 Å². The first-order valence-electron chi connectivity index (χ1n) is 10.9. The van der Waals surface area contributed by atoms with Gasteiger partial charge in [0.25, 0.3) is 5.91 Å². The van der Waals surface area contributed by atoms with E-state index in [1.807, 2.05) is 0 Å². The third-order valence-electron chi connectivity index (χ3n) is 5.94. The van der Waals surface area contributed by atoms with E-state index in [2.05, 4.69) is 15.3 Å². The van der Waals surface area contributed by atoms with Crippen LogP contribution < -0.4 is 10.2 Å². The van der Waals surface area contributed by atoms with E-state index >= 15 is 0 Å². The van der Waals surface area contributed by atoms with Gasteiger partial charge in [-0.2, -0.15) is 0 Å². The van der Waals surface area contributed by atoms with Gasteiger partial charge in [-0.1, -0.05) is 19.3 Å². The van der Waals surface area contributed by atoms with Gasteiger partial charge in [0.1, 0.15) is 5.69 Å². The molecule has 2 N–H and O–H groups in total. The van der Waals surface area contributed by atoms with Gasteiger partial charge in [-0.05, 0) is 32.1 Å². The van der Waals surface area contributed by atoms with Crippen molar-refractivity contribution in [2.75, 3.05) is 32.7 Å². The fraction of sp³-hybridized carbons (Fsp3) is 0.714. The van der Waals surface area contributed by atoms with E-state index in [1.165, 1.54) is 64.0 Å². The molecule has 1 saturated heterocycles. The molecule has 1 aromatic heterocycles. The Morgan fingerprint density at radius 1 is 1.04 bits per heavy atom. The lowest BCUT2D eigenvalue weighted by molar-refractivity contribution is -0.904. The lowest BCUT2D eigenvalue weighted by atomic mass is 9.95. The van der Waals surface area contributed by atoms with Crippen molar-refractivity contribution in [1.29, 1.82) is 0 Å². The molecule has 7 heteroatoms. The fourth-order valence-corrected chi connectivity index (χ4v) is 4.26. The molecule has 1 aliphatic heterocycles. The predicted octanol–water partition coefficient (Wildman–Crippen LogP) is 0.827. The smallest absolute Gasteiger partial charge is 0.274 e. The first-order valence-corrected chi connectivity index (χ1v) is 10.9. The number of carbonyl (C=O) groups excluding carboxylic acids is 2. The maximum atomic E-state index is 12.9. The van der Waals surface area contributed by atoms with Crippen molar-refractivity contribution in [3.63, 3.8) is 0 Å². The van der Waals surface area contributed by atoms with Gasteiger partial charge >= 0.3 is 0 Å². The van der Waals surface area contributed by atoms with Gasteiger partial charge < -0.3 is 15.1 Å². The van der Waals surface area contributed by atoms with Gasteiger partial charge in [0.05, 0.1) is 32.4 Å². The van der Waals surface area contributed by atoms with Crippen molar-refractivity contribution >= 4 is 11.8 Å². The van der Waals surface area contributed by atoms with Crippen LogP contribution in [0.2, 0.25) is 0 Å². The van der Waals surface area contributed by atoms with Crippen LogP contribution in [0.1, 0.15) is 68.3 Å². The molecule has 0 atom stereocenters. The van der Waals surface area contributed by atoms with Crippen LogP contribution >= 0.6 is 0 Å². The van der Waals surface area contributed by atoms with E-state index in [4.69, 9.17) is 0 Å². The first-order chi connectivity index (χ1) is 13.7. The second-order valence-corrected chi connectivity index (χ2v) is 8.10. The summed E-state index contributed by atoms with van der Waals surface area (Å²) in [6.07, 6.45) is 14.6. The van der Waals surface area contributed by atoms with E-state index in [9.17, 15) is 9.59 Å². The zero-order valence-electron chi connectivity index (χ0n) is 16.9. The van der Waals surface area contributed by atoms with E-state index in [-0.39, 0.29) is 11.8 Å². The number of likely N-dealkylation sites (tertiary alicyclic amines) is 1. The van der Waals surface area contributed by atoms with Gasteiger partial charge in [0, 0.05) is 31.4 Å². The summed E-state index contributed by atoms with van der Waals surface area (Å²) >= 11 is 0. The lowest BCUT2D eigenvalue weighted by Gasteiger charge is -2.28. The number of aromatic nitrogens is 2. The summed E-state index contributed by atoms with van der Waals surface area (Å²) in [5.41, 5.74) is 0.351. The maximum absolute atomic E-state index is 12.9. The molecule has 0 bridgehead atoms. The highest BCUT2D eigenvalue weighted by Crippen LogP contribution is 2.17. The second kappa shape index (κ2) is 11.1. The van der Waals surface area contributed by atoms with Crippen molar-refractivity contribution in [3.05, 3.63) is 24.3 Å². The molecule has 2 fully saturated rings. The van der Waals surface area contributed by atoms with Crippen molar-refractivity contribution in [3.8, 4) is 0 Å². The van der Waals surface area contributed by atoms with E-state index in [0.717, 1.165) is 19.4 Å². The molecule has 0 unspecified atom stereocenters. The Bertz CT molecular complexity index is 612. The predicted molar refractivity (Wildman–Crippen MR) is 107 cm³/mol. The van der Waals surface area contributed by atoms with Gasteiger partial charge in [-0.25, -0.2) is 4.98 Å². The highest BCUT2D eigenvalue weighted by atomic mass is 16.2. The number of amides is 2. The monoisotopic (exact) mass is 388 g/mol. The van der Waals surface area contributed by atoms with Gasteiger partial charge in [-0.15, -0.1) is 0 Å².